The van der Waals surface area contributed by atoms with E-state index in [1.165, 1.54) is 0 Å². The Bertz CT molecular complexity index is 572. The summed E-state index contributed by atoms with van der Waals surface area (Å²) in [5, 5.41) is 18.1. The van der Waals surface area contributed by atoms with Crippen LogP contribution >= 0.6 is 0 Å². The fourth-order valence-corrected chi connectivity index (χ4v) is 1.10. The molecule has 1 aromatic rings. The van der Waals surface area contributed by atoms with Gasteiger partial charge >= 0.3 is 11.9 Å². The minimum atomic E-state index is -2.11. The average molecular weight is 213 g/mol. The molecule has 1 unspecified atom stereocenters. The van der Waals surface area contributed by atoms with Crippen LogP contribution in [0.1, 0.15) is 25.8 Å². The van der Waals surface area contributed by atoms with Gasteiger partial charge in [0.05, 0.1) is 13.3 Å². The molecule has 0 bridgehead atoms. The smallest absolute Gasteiger partial charge is 0.314 e. The standard InChI is InChI=1S/C11H12O4/c1-11(10(14)15,7-9(12)13)8-5-3-2-4-6-8/h2-6H,7H2,1H3,(H,12,13)(H,14,15)/i2D,3D,4D,5D,6D. The van der Waals surface area contributed by atoms with Gasteiger partial charge in [0.25, 0.3) is 0 Å². The van der Waals surface area contributed by atoms with Crippen LogP contribution in [0.5, 0.6) is 0 Å². The minimum absolute atomic E-state index is 0.529. The molecule has 0 heterocycles. The topological polar surface area (TPSA) is 74.6 Å². The normalized spacial score (nSPS) is 18.9. The minimum Gasteiger partial charge on any atom is -0.481 e. The molecular formula is C11H12O4. The van der Waals surface area contributed by atoms with Gasteiger partial charge in [-0.15, -0.1) is 0 Å². The van der Waals surface area contributed by atoms with Crippen molar-refractivity contribution in [3.63, 3.8) is 0 Å². The first-order valence-corrected chi connectivity index (χ1v) is 4.06. The molecule has 4 nitrogen and oxygen atoms in total. The molecule has 0 saturated heterocycles. The van der Waals surface area contributed by atoms with Gasteiger partial charge in [-0.1, -0.05) is 30.2 Å². The van der Waals surface area contributed by atoms with Crippen molar-refractivity contribution in [1.82, 2.24) is 0 Å². The van der Waals surface area contributed by atoms with Gasteiger partial charge in [0.1, 0.15) is 5.41 Å². The summed E-state index contributed by atoms with van der Waals surface area (Å²) in [6.45, 7) is 1.03. The number of carbonyl (C=O) groups is 2. The zero-order valence-electron chi connectivity index (χ0n) is 12.9. The van der Waals surface area contributed by atoms with E-state index in [1.807, 2.05) is 0 Å². The first-order valence-electron chi connectivity index (χ1n) is 6.56. The van der Waals surface area contributed by atoms with Crippen LogP contribution in [-0.2, 0) is 15.0 Å². The second-order valence-corrected chi connectivity index (χ2v) is 3.21. The molecule has 1 atom stereocenters. The molecular weight excluding hydrogens is 196 g/mol. The molecule has 0 amide bonds. The highest BCUT2D eigenvalue weighted by atomic mass is 16.4. The maximum absolute atomic E-state index is 11.4. The maximum atomic E-state index is 11.4. The van der Waals surface area contributed by atoms with Gasteiger partial charge in [0, 0.05) is 0 Å². The Morgan fingerprint density at radius 1 is 1.33 bits per heavy atom. The molecule has 0 aliphatic heterocycles. The monoisotopic (exact) mass is 213 g/mol. The van der Waals surface area contributed by atoms with Crippen LogP contribution in [0.15, 0.2) is 30.2 Å². The van der Waals surface area contributed by atoms with Crippen LogP contribution < -0.4 is 0 Å². The van der Waals surface area contributed by atoms with Gasteiger partial charge in [-0.3, -0.25) is 9.59 Å². The van der Waals surface area contributed by atoms with Gasteiger partial charge in [0.2, 0.25) is 0 Å². The lowest BCUT2D eigenvalue weighted by Gasteiger charge is -2.23. The number of carboxylic acids is 2. The van der Waals surface area contributed by atoms with Crippen molar-refractivity contribution < 1.29 is 26.7 Å². The molecule has 0 spiro atoms. The molecule has 0 radical (unpaired) electrons. The van der Waals surface area contributed by atoms with E-state index in [0.717, 1.165) is 6.92 Å². The molecule has 0 saturated carbocycles. The lowest BCUT2D eigenvalue weighted by atomic mass is 9.79. The number of rotatable bonds is 4. The predicted molar refractivity (Wildman–Crippen MR) is 53.7 cm³/mol. The zero-order valence-corrected chi connectivity index (χ0v) is 7.92. The molecule has 4 heteroatoms. The van der Waals surface area contributed by atoms with Gasteiger partial charge in [-0.05, 0) is 12.5 Å². The summed E-state index contributed by atoms with van der Waals surface area (Å²) >= 11 is 0. The molecule has 1 rings (SSSR count). The lowest BCUT2D eigenvalue weighted by molar-refractivity contribution is -0.149. The Morgan fingerprint density at radius 2 is 1.87 bits per heavy atom. The summed E-state index contributed by atoms with van der Waals surface area (Å²) < 4.78 is 37.8. The van der Waals surface area contributed by atoms with Crippen LogP contribution in [0.4, 0.5) is 0 Å². The summed E-state index contributed by atoms with van der Waals surface area (Å²) in [7, 11) is 0. The van der Waals surface area contributed by atoms with Crippen molar-refractivity contribution in [3.8, 4) is 0 Å². The SMILES string of the molecule is [2H]c1c([2H])c([2H])c(C(C)(CC(=O)O)C(=O)O)c([2H])c1[2H]. The van der Waals surface area contributed by atoms with Gasteiger partial charge in [-0.2, -0.15) is 0 Å². The van der Waals surface area contributed by atoms with Crippen molar-refractivity contribution in [2.24, 2.45) is 0 Å². The molecule has 80 valence electrons. The molecule has 0 aliphatic carbocycles. The van der Waals surface area contributed by atoms with E-state index in [9.17, 15) is 14.7 Å². The van der Waals surface area contributed by atoms with Gasteiger partial charge < -0.3 is 10.2 Å². The van der Waals surface area contributed by atoms with E-state index >= 15 is 0 Å². The van der Waals surface area contributed by atoms with Crippen LogP contribution in [0.3, 0.4) is 0 Å². The lowest BCUT2D eigenvalue weighted by Crippen LogP contribution is -2.34. The Morgan fingerprint density at radius 3 is 2.27 bits per heavy atom. The van der Waals surface area contributed by atoms with Crippen molar-refractivity contribution in [1.29, 1.82) is 0 Å². The van der Waals surface area contributed by atoms with Crippen molar-refractivity contribution >= 4 is 11.9 Å². The number of carboxylic acid groups (broad SMARTS) is 2. The molecule has 15 heavy (non-hydrogen) atoms. The number of aliphatic carboxylic acids is 2. The second kappa shape index (κ2) is 4.13. The maximum Gasteiger partial charge on any atom is 0.314 e. The Balaban J connectivity index is 3.74. The highest BCUT2D eigenvalue weighted by Crippen LogP contribution is 2.27. The fourth-order valence-electron chi connectivity index (χ4n) is 1.10. The van der Waals surface area contributed by atoms with E-state index in [4.69, 9.17) is 12.0 Å². The quantitative estimate of drug-likeness (QED) is 0.794. The van der Waals surface area contributed by atoms with Crippen LogP contribution in [0.25, 0.3) is 0 Å². The second-order valence-electron chi connectivity index (χ2n) is 3.21. The van der Waals surface area contributed by atoms with Crippen molar-refractivity contribution in [2.75, 3.05) is 0 Å². The van der Waals surface area contributed by atoms with Crippen LogP contribution in [0.2, 0.25) is 0 Å². The first kappa shape index (κ1) is 5.90. The van der Waals surface area contributed by atoms with E-state index in [0.29, 0.717) is 0 Å². The van der Waals surface area contributed by atoms with E-state index in [-0.39, 0.29) is 0 Å². The third-order valence-corrected chi connectivity index (χ3v) is 2.03. The van der Waals surface area contributed by atoms with Gasteiger partial charge in [-0.25, -0.2) is 0 Å². The Hall–Kier alpha value is -1.84. The van der Waals surface area contributed by atoms with Crippen molar-refractivity contribution in [3.05, 3.63) is 35.8 Å². The van der Waals surface area contributed by atoms with Crippen LogP contribution in [0, 0.1) is 0 Å². The Kier molecular flexibility index (Phi) is 1.62. The predicted octanol–water partition coefficient (Wildman–Crippen LogP) is 1.50. The largest absolute Gasteiger partial charge is 0.481 e. The highest BCUT2D eigenvalue weighted by Gasteiger charge is 2.37. The highest BCUT2D eigenvalue weighted by molar-refractivity contribution is 5.86. The number of hydrogen-bond donors (Lipinski definition) is 2. The number of hydrogen-bond acceptors (Lipinski definition) is 2. The summed E-state index contributed by atoms with van der Waals surface area (Å²) in [5.74, 6) is -3.01. The molecule has 2 N–H and O–H groups in total. The molecule has 0 aliphatic rings. The number of benzene rings is 1. The Labute approximate surface area is 94.2 Å². The summed E-state index contributed by atoms with van der Waals surface area (Å²) in [6, 6.07) is -3.46. The molecule has 0 aromatic heterocycles. The summed E-state index contributed by atoms with van der Waals surface area (Å²) in [4.78, 5) is 22.2. The average Bonchev–Trinajstić information content (AvgIpc) is 2.33. The van der Waals surface area contributed by atoms with Gasteiger partial charge in [0.15, 0.2) is 0 Å². The van der Waals surface area contributed by atoms with E-state index in [1.54, 1.807) is 0 Å². The third-order valence-electron chi connectivity index (χ3n) is 2.03. The zero-order chi connectivity index (χ0) is 15.8. The van der Waals surface area contributed by atoms with Crippen molar-refractivity contribution in [2.45, 2.75) is 18.8 Å². The van der Waals surface area contributed by atoms with E-state index < -0.39 is 59.5 Å². The first-order chi connectivity index (χ1) is 9.04. The summed E-state index contributed by atoms with van der Waals surface area (Å²) in [6.07, 6.45) is -0.893. The van der Waals surface area contributed by atoms with Crippen LogP contribution in [-0.4, -0.2) is 22.2 Å². The summed E-state index contributed by atoms with van der Waals surface area (Å²) in [5.41, 5.74) is -2.64. The fraction of sp³-hybridized carbons (Fsp3) is 0.273. The van der Waals surface area contributed by atoms with E-state index in [2.05, 4.69) is 0 Å². The molecule has 1 aromatic carbocycles. The third kappa shape index (κ3) is 2.34. The molecule has 0 fully saturated rings.